The van der Waals surface area contributed by atoms with E-state index in [9.17, 15) is 27.6 Å². The van der Waals surface area contributed by atoms with Gasteiger partial charge < -0.3 is 15.0 Å². The molecule has 1 aliphatic carbocycles. The van der Waals surface area contributed by atoms with Gasteiger partial charge in [-0.05, 0) is 87.2 Å². The summed E-state index contributed by atoms with van der Waals surface area (Å²) in [6, 6.07) is 12.6. The Morgan fingerprint density at radius 1 is 0.964 bits per heavy atom. The second-order valence-corrected chi connectivity index (χ2v) is 14.7. The van der Waals surface area contributed by atoms with Crippen molar-refractivity contribution in [2.24, 2.45) is 5.92 Å². The Morgan fingerprint density at radius 3 is 2.49 bits per heavy atom. The van der Waals surface area contributed by atoms with Crippen molar-refractivity contribution in [3.05, 3.63) is 84.1 Å². The highest BCUT2D eigenvalue weighted by molar-refractivity contribution is 6.10. The van der Waals surface area contributed by atoms with Crippen molar-refractivity contribution in [1.82, 2.24) is 30.0 Å². The quantitative estimate of drug-likeness (QED) is 0.168. The zero-order chi connectivity index (χ0) is 38.3. The van der Waals surface area contributed by atoms with Crippen LogP contribution in [-0.4, -0.2) is 75.8 Å². The summed E-state index contributed by atoms with van der Waals surface area (Å²) in [6.45, 7) is 3.42. The lowest BCUT2D eigenvalue weighted by Gasteiger charge is -2.37. The number of anilines is 2. The van der Waals surface area contributed by atoms with Gasteiger partial charge in [-0.25, -0.2) is 9.78 Å². The van der Waals surface area contributed by atoms with Crippen LogP contribution in [0.4, 0.5) is 29.3 Å². The van der Waals surface area contributed by atoms with Crippen LogP contribution in [0.25, 0.3) is 21.7 Å². The number of urea groups is 1. The number of ether oxygens (including phenoxy) is 1. The third-order valence-corrected chi connectivity index (χ3v) is 11.2. The lowest BCUT2D eigenvalue weighted by atomic mass is 9.84. The van der Waals surface area contributed by atoms with Gasteiger partial charge in [0.15, 0.2) is 0 Å². The standard InChI is InChI=1S/C40H41F3N8O4/c1-55-34-19-27(45-38(53)32-6-3-7-35(46-32)40(41,42)43)18-26-23-51(48-37(26)34)28-10-8-24(9-11-28)22-49-15-12-25(13-16-49)29-4-2-5-30-31(29)20-44-21-33(30)50-17-14-36(52)47-39(50)54/h2-7,18-21,23-25,28H,8-17,22H2,1H3,(H,45,53)(H,47,52,54)/t24-,28-. The Bertz CT molecular complexity index is 2260. The number of carbonyl (C=O) groups excluding carboxylic acids is 3. The van der Waals surface area contributed by atoms with Gasteiger partial charge in [-0.3, -0.25) is 29.5 Å². The number of carbonyl (C=O) groups is 3. The van der Waals surface area contributed by atoms with Crippen molar-refractivity contribution >= 4 is 50.9 Å². The van der Waals surface area contributed by atoms with E-state index in [1.165, 1.54) is 18.7 Å². The van der Waals surface area contributed by atoms with Crippen LogP contribution in [0.3, 0.4) is 0 Å². The van der Waals surface area contributed by atoms with Gasteiger partial charge in [-0.2, -0.15) is 18.3 Å². The number of pyridine rings is 2. The largest absolute Gasteiger partial charge is 0.494 e. The molecule has 0 atom stereocenters. The van der Waals surface area contributed by atoms with Gasteiger partial charge in [0.2, 0.25) is 5.91 Å². The topological polar surface area (TPSA) is 135 Å². The number of rotatable bonds is 8. The van der Waals surface area contributed by atoms with Crippen LogP contribution in [0.15, 0.2) is 67.1 Å². The van der Waals surface area contributed by atoms with Crippen molar-refractivity contribution in [3.8, 4) is 5.75 Å². The highest BCUT2D eigenvalue weighted by Crippen LogP contribution is 2.39. The lowest BCUT2D eigenvalue weighted by molar-refractivity contribution is -0.141. The number of hydrogen-bond donors (Lipinski definition) is 2. The van der Waals surface area contributed by atoms with Gasteiger partial charge in [0.1, 0.15) is 22.7 Å². The zero-order valence-corrected chi connectivity index (χ0v) is 30.3. The van der Waals surface area contributed by atoms with Gasteiger partial charge in [0.05, 0.1) is 25.0 Å². The van der Waals surface area contributed by atoms with E-state index in [-0.39, 0.29) is 24.1 Å². The summed E-state index contributed by atoms with van der Waals surface area (Å²) < 4.78 is 47.0. The number of amides is 4. The van der Waals surface area contributed by atoms with Gasteiger partial charge in [0, 0.05) is 59.8 Å². The second-order valence-electron chi connectivity index (χ2n) is 14.7. The fourth-order valence-corrected chi connectivity index (χ4v) is 8.40. The Hall–Kier alpha value is -5.57. The number of nitrogens with zero attached hydrogens (tertiary/aromatic N) is 6. The summed E-state index contributed by atoms with van der Waals surface area (Å²) >= 11 is 0. The van der Waals surface area contributed by atoms with E-state index in [4.69, 9.17) is 9.84 Å². The zero-order valence-electron chi connectivity index (χ0n) is 30.3. The van der Waals surface area contributed by atoms with Crippen LogP contribution in [0, 0.1) is 5.92 Å². The molecule has 8 rings (SSSR count). The molecule has 2 aromatic carbocycles. The molecule has 1 saturated carbocycles. The first kappa shape index (κ1) is 36.4. The Labute approximate surface area is 315 Å². The van der Waals surface area contributed by atoms with E-state index in [0.717, 1.165) is 92.1 Å². The minimum Gasteiger partial charge on any atom is -0.494 e. The van der Waals surface area contributed by atoms with Crippen LogP contribution in [0.5, 0.6) is 5.75 Å². The number of alkyl halides is 3. The van der Waals surface area contributed by atoms with Gasteiger partial charge >= 0.3 is 12.2 Å². The van der Waals surface area contributed by atoms with Crippen molar-refractivity contribution in [2.75, 3.05) is 43.5 Å². The van der Waals surface area contributed by atoms with E-state index >= 15 is 0 Å². The first-order chi connectivity index (χ1) is 26.5. The molecule has 2 aliphatic heterocycles. The molecule has 2 saturated heterocycles. The second kappa shape index (κ2) is 14.9. The molecule has 3 aromatic heterocycles. The molecule has 5 aromatic rings. The number of piperidine rings is 1. The predicted molar refractivity (Wildman–Crippen MR) is 200 cm³/mol. The maximum Gasteiger partial charge on any atom is 0.433 e. The average molecular weight is 755 g/mol. The number of benzene rings is 2. The Kier molecular flexibility index (Phi) is 9.88. The average Bonchev–Trinajstić information content (AvgIpc) is 3.62. The maximum atomic E-state index is 13.1. The normalized spacial score (nSPS) is 20.2. The van der Waals surface area contributed by atoms with E-state index < -0.39 is 23.8 Å². The first-order valence-electron chi connectivity index (χ1n) is 18.7. The molecular weight excluding hydrogens is 713 g/mol. The highest BCUT2D eigenvalue weighted by Gasteiger charge is 2.33. The molecule has 0 spiro atoms. The van der Waals surface area contributed by atoms with Gasteiger partial charge in [-0.1, -0.05) is 24.3 Å². The van der Waals surface area contributed by atoms with Crippen molar-refractivity contribution < 1.29 is 32.3 Å². The summed E-state index contributed by atoms with van der Waals surface area (Å²) in [5.41, 5.74) is 1.52. The molecule has 286 valence electrons. The molecule has 4 amide bonds. The SMILES string of the molecule is COc1cc(NC(=O)c2cccc(C(F)(F)F)n2)cc2cn([C@H]3CC[C@H](CN4CCC(c5cccc6c(N7CCC(=O)NC7=O)cncc56)CC4)CC3)nc12. The third kappa shape index (κ3) is 7.57. The minimum absolute atomic E-state index is 0.216. The molecule has 15 heteroatoms. The van der Waals surface area contributed by atoms with Gasteiger partial charge in [-0.15, -0.1) is 0 Å². The lowest BCUT2D eigenvalue weighted by Crippen LogP contribution is -2.49. The van der Waals surface area contributed by atoms with Crippen LogP contribution < -0.4 is 20.3 Å². The predicted octanol–water partition coefficient (Wildman–Crippen LogP) is 7.32. The van der Waals surface area contributed by atoms with E-state index in [1.54, 1.807) is 23.2 Å². The Morgan fingerprint density at radius 2 is 1.75 bits per heavy atom. The number of likely N-dealkylation sites (tertiary alicyclic amines) is 1. The highest BCUT2D eigenvalue weighted by atomic mass is 19.4. The number of fused-ring (bicyclic) bond motifs is 2. The Balaban J connectivity index is 0.869. The first-order valence-corrected chi connectivity index (χ1v) is 18.7. The summed E-state index contributed by atoms with van der Waals surface area (Å²) in [7, 11) is 1.51. The fourth-order valence-electron chi connectivity index (χ4n) is 8.40. The third-order valence-electron chi connectivity index (χ3n) is 11.2. The van der Waals surface area contributed by atoms with Crippen LogP contribution >= 0.6 is 0 Å². The van der Waals surface area contributed by atoms with Crippen molar-refractivity contribution in [2.45, 2.75) is 63.1 Å². The number of imide groups is 1. The number of hydrogen-bond acceptors (Lipinski definition) is 8. The number of methoxy groups -OCH3 is 1. The molecule has 55 heavy (non-hydrogen) atoms. The summed E-state index contributed by atoms with van der Waals surface area (Å²) in [5.74, 6) is 0.414. The maximum absolute atomic E-state index is 13.1. The summed E-state index contributed by atoms with van der Waals surface area (Å²) in [5, 5.41) is 12.7. The van der Waals surface area contributed by atoms with E-state index in [2.05, 4.69) is 37.6 Å². The molecule has 12 nitrogen and oxygen atoms in total. The molecule has 5 heterocycles. The van der Waals surface area contributed by atoms with Crippen molar-refractivity contribution in [3.63, 3.8) is 0 Å². The molecule has 0 bridgehead atoms. The smallest absolute Gasteiger partial charge is 0.433 e. The van der Waals surface area contributed by atoms with Crippen LogP contribution in [0.1, 0.15) is 78.7 Å². The molecule has 0 unspecified atom stereocenters. The van der Waals surface area contributed by atoms with Gasteiger partial charge in [0.25, 0.3) is 5.91 Å². The molecule has 3 aliphatic rings. The molecule has 2 N–H and O–H groups in total. The minimum atomic E-state index is -4.66. The monoisotopic (exact) mass is 754 g/mol. The fraction of sp³-hybridized carbons (Fsp3) is 0.400. The van der Waals surface area contributed by atoms with Crippen LogP contribution in [0.2, 0.25) is 0 Å². The van der Waals surface area contributed by atoms with Crippen molar-refractivity contribution in [1.29, 1.82) is 0 Å². The van der Waals surface area contributed by atoms with Crippen LogP contribution in [-0.2, 0) is 11.0 Å². The van der Waals surface area contributed by atoms with E-state index in [0.29, 0.717) is 35.3 Å². The summed E-state index contributed by atoms with van der Waals surface area (Å²) in [4.78, 5) is 49.3. The molecular formula is C40H41F3N8O4. The number of nitrogens with one attached hydrogen (secondary N) is 2. The molecule has 3 fully saturated rings. The molecule has 0 radical (unpaired) electrons. The number of halogens is 3. The van der Waals surface area contributed by atoms with E-state index in [1.807, 2.05) is 23.1 Å². The number of aromatic nitrogens is 4. The summed E-state index contributed by atoms with van der Waals surface area (Å²) in [6.07, 6.45) is 7.35.